The fourth-order valence-corrected chi connectivity index (χ4v) is 1.43. The highest BCUT2D eigenvalue weighted by molar-refractivity contribution is 8.13. The van der Waals surface area contributed by atoms with Gasteiger partial charge in [-0.2, -0.15) is 4.98 Å². The third-order valence-corrected chi connectivity index (χ3v) is 2.21. The maximum absolute atomic E-state index is 10.6. The van der Waals surface area contributed by atoms with E-state index in [1.807, 2.05) is 13.8 Å². The molecule has 1 rings (SSSR count). The van der Waals surface area contributed by atoms with Gasteiger partial charge in [-0.1, -0.05) is 19.0 Å². The number of aromatic nitrogens is 2. The summed E-state index contributed by atoms with van der Waals surface area (Å²) in [5, 5.41) is 3.47. The summed E-state index contributed by atoms with van der Waals surface area (Å²) in [6, 6.07) is 0. The van der Waals surface area contributed by atoms with E-state index in [9.17, 15) is 8.42 Å². The van der Waals surface area contributed by atoms with Gasteiger partial charge in [0.25, 0.3) is 0 Å². The number of nitrogens with zero attached hydrogens (tertiary/aromatic N) is 2. The van der Waals surface area contributed by atoms with Crippen molar-refractivity contribution in [3.63, 3.8) is 0 Å². The fourth-order valence-electron chi connectivity index (χ4n) is 0.715. The van der Waals surface area contributed by atoms with E-state index in [1.54, 1.807) is 0 Å². The molecule has 0 aromatic carbocycles. The molecule has 0 spiro atoms. The molecule has 13 heavy (non-hydrogen) atoms. The molecular weight excluding hydrogens is 216 g/mol. The van der Waals surface area contributed by atoms with Crippen LogP contribution in [-0.2, 0) is 14.8 Å². The Labute approximate surface area is 80.5 Å². The van der Waals surface area contributed by atoms with Gasteiger partial charge < -0.3 is 4.52 Å². The summed E-state index contributed by atoms with van der Waals surface area (Å²) in [6.45, 7) is 3.74. The SMILES string of the molecule is CC(C)c1nc(CS(=O)(=O)Cl)no1. The molecule has 0 atom stereocenters. The largest absolute Gasteiger partial charge is 0.339 e. The molecule has 0 aliphatic rings. The Balaban J connectivity index is 2.81. The molecule has 1 aromatic heterocycles. The van der Waals surface area contributed by atoms with Gasteiger partial charge in [0.1, 0.15) is 5.75 Å². The zero-order chi connectivity index (χ0) is 10.1. The smallest absolute Gasteiger partial charge is 0.240 e. The van der Waals surface area contributed by atoms with Gasteiger partial charge >= 0.3 is 0 Å². The molecule has 0 fully saturated rings. The topological polar surface area (TPSA) is 73.1 Å². The van der Waals surface area contributed by atoms with Crippen LogP contribution < -0.4 is 0 Å². The summed E-state index contributed by atoms with van der Waals surface area (Å²) in [5.74, 6) is 0.193. The average Bonchev–Trinajstić information content (AvgIpc) is 2.31. The van der Waals surface area contributed by atoms with Gasteiger partial charge in [0.05, 0.1) is 0 Å². The summed E-state index contributed by atoms with van der Waals surface area (Å²) in [5.41, 5.74) is 0. The van der Waals surface area contributed by atoms with E-state index in [0.717, 1.165) is 0 Å². The highest BCUT2D eigenvalue weighted by Crippen LogP contribution is 2.13. The van der Waals surface area contributed by atoms with Crippen LogP contribution in [0.4, 0.5) is 0 Å². The quantitative estimate of drug-likeness (QED) is 0.723. The van der Waals surface area contributed by atoms with Crippen LogP contribution in [0.15, 0.2) is 4.52 Å². The molecule has 5 nitrogen and oxygen atoms in total. The van der Waals surface area contributed by atoms with E-state index < -0.39 is 14.8 Å². The molecule has 0 aliphatic carbocycles. The minimum Gasteiger partial charge on any atom is -0.339 e. The van der Waals surface area contributed by atoms with Gasteiger partial charge in [-0.3, -0.25) is 0 Å². The second kappa shape index (κ2) is 3.63. The van der Waals surface area contributed by atoms with Crippen molar-refractivity contribution in [3.8, 4) is 0 Å². The molecule has 0 aliphatic heterocycles. The first-order chi connectivity index (χ1) is 5.88. The average molecular weight is 225 g/mol. The van der Waals surface area contributed by atoms with Crippen molar-refractivity contribution in [1.29, 1.82) is 0 Å². The van der Waals surface area contributed by atoms with E-state index in [2.05, 4.69) is 10.1 Å². The minimum atomic E-state index is -3.60. The van der Waals surface area contributed by atoms with Crippen LogP contribution in [0.25, 0.3) is 0 Å². The maximum atomic E-state index is 10.6. The van der Waals surface area contributed by atoms with Crippen molar-refractivity contribution in [2.24, 2.45) is 0 Å². The van der Waals surface area contributed by atoms with Gasteiger partial charge in [0.15, 0.2) is 5.82 Å². The zero-order valence-corrected chi connectivity index (χ0v) is 8.76. The Morgan fingerprint density at radius 1 is 1.54 bits per heavy atom. The first-order valence-corrected chi connectivity index (χ1v) is 6.11. The van der Waals surface area contributed by atoms with Gasteiger partial charge in [-0.15, -0.1) is 0 Å². The first-order valence-electron chi connectivity index (χ1n) is 3.63. The summed E-state index contributed by atoms with van der Waals surface area (Å²) >= 11 is 0. The van der Waals surface area contributed by atoms with Crippen LogP contribution in [0.1, 0.15) is 31.5 Å². The summed E-state index contributed by atoms with van der Waals surface area (Å²) in [7, 11) is 1.40. The van der Waals surface area contributed by atoms with Crippen LogP contribution >= 0.6 is 10.7 Å². The van der Waals surface area contributed by atoms with Crippen LogP contribution in [0.3, 0.4) is 0 Å². The minimum absolute atomic E-state index is 0.0827. The summed E-state index contributed by atoms with van der Waals surface area (Å²) < 4.78 is 26.0. The Morgan fingerprint density at radius 2 is 2.15 bits per heavy atom. The van der Waals surface area contributed by atoms with E-state index in [1.165, 1.54) is 0 Å². The molecule has 0 bridgehead atoms. The van der Waals surface area contributed by atoms with Crippen molar-refractivity contribution in [3.05, 3.63) is 11.7 Å². The van der Waals surface area contributed by atoms with Crippen molar-refractivity contribution in [2.75, 3.05) is 0 Å². The lowest BCUT2D eigenvalue weighted by Gasteiger charge is -1.91. The normalized spacial score (nSPS) is 12.3. The standard InChI is InChI=1S/C6H9ClN2O3S/c1-4(2)6-8-5(9-12-6)3-13(7,10)11/h4H,3H2,1-2H3. The second-order valence-corrected chi connectivity index (χ2v) is 5.66. The number of hydrogen-bond acceptors (Lipinski definition) is 5. The molecule has 7 heteroatoms. The highest BCUT2D eigenvalue weighted by atomic mass is 35.7. The van der Waals surface area contributed by atoms with E-state index in [4.69, 9.17) is 15.2 Å². The predicted octanol–water partition coefficient (Wildman–Crippen LogP) is 1.26. The van der Waals surface area contributed by atoms with Gasteiger partial charge in [-0.25, -0.2) is 8.42 Å². The molecule has 0 unspecified atom stereocenters. The first kappa shape index (κ1) is 10.5. The van der Waals surface area contributed by atoms with Gasteiger partial charge in [-0.05, 0) is 0 Å². The molecule has 0 radical (unpaired) electrons. The molecule has 0 saturated carbocycles. The zero-order valence-electron chi connectivity index (χ0n) is 7.19. The van der Waals surface area contributed by atoms with Gasteiger partial charge in [0, 0.05) is 16.6 Å². The van der Waals surface area contributed by atoms with Crippen molar-refractivity contribution >= 4 is 19.7 Å². The lowest BCUT2D eigenvalue weighted by Crippen LogP contribution is -1.97. The van der Waals surface area contributed by atoms with Crippen LogP contribution in [-0.4, -0.2) is 18.6 Å². The van der Waals surface area contributed by atoms with Gasteiger partial charge in [0.2, 0.25) is 14.9 Å². The molecule has 0 saturated heterocycles. The lowest BCUT2D eigenvalue weighted by molar-refractivity contribution is 0.361. The number of rotatable bonds is 3. The van der Waals surface area contributed by atoms with Crippen molar-refractivity contribution in [2.45, 2.75) is 25.5 Å². The summed E-state index contributed by atoms with van der Waals surface area (Å²) in [4.78, 5) is 3.85. The molecule has 74 valence electrons. The van der Waals surface area contributed by atoms with E-state index >= 15 is 0 Å². The monoisotopic (exact) mass is 224 g/mol. The predicted molar refractivity (Wildman–Crippen MR) is 46.9 cm³/mol. The third-order valence-electron chi connectivity index (χ3n) is 1.28. The van der Waals surface area contributed by atoms with Crippen LogP contribution in [0.2, 0.25) is 0 Å². The highest BCUT2D eigenvalue weighted by Gasteiger charge is 2.15. The molecule has 1 heterocycles. The maximum Gasteiger partial charge on any atom is 0.240 e. The Bertz CT molecular complexity index is 384. The molecule has 0 N–H and O–H groups in total. The Hall–Kier alpha value is -0.620. The van der Waals surface area contributed by atoms with Crippen molar-refractivity contribution < 1.29 is 12.9 Å². The fraction of sp³-hybridized carbons (Fsp3) is 0.667. The molecule has 1 aromatic rings. The molecular formula is C6H9ClN2O3S. The van der Waals surface area contributed by atoms with Crippen molar-refractivity contribution in [1.82, 2.24) is 10.1 Å². The third kappa shape index (κ3) is 3.31. The Morgan fingerprint density at radius 3 is 2.54 bits per heavy atom. The number of hydrogen-bond donors (Lipinski definition) is 0. The van der Waals surface area contributed by atoms with Crippen LogP contribution in [0.5, 0.6) is 0 Å². The lowest BCUT2D eigenvalue weighted by atomic mass is 10.2. The molecule has 0 amide bonds. The van der Waals surface area contributed by atoms with E-state index in [0.29, 0.717) is 5.89 Å². The van der Waals surface area contributed by atoms with Crippen LogP contribution in [0, 0.1) is 0 Å². The second-order valence-electron chi connectivity index (χ2n) is 2.89. The van der Waals surface area contributed by atoms with E-state index in [-0.39, 0.29) is 11.7 Å². The summed E-state index contributed by atoms with van der Waals surface area (Å²) in [6.07, 6.45) is 0. The number of halogens is 1. The Kier molecular flexibility index (Phi) is 2.92.